The number of carbonyl (C=O) groups excluding carboxylic acids is 2. The van der Waals surface area contributed by atoms with Crippen molar-refractivity contribution >= 4 is 11.8 Å². The number of ether oxygens (including phenoxy) is 1. The number of carbonyl (C=O) groups is 2. The van der Waals surface area contributed by atoms with Crippen LogP contribution in [0.15, 0.2) is 10.6 Å². The normalized spacial score (nSPS) is 22.9. The standard InChI is InChI=1S/C19H27N3O4/c1-25-12-11-22-8-2-5-19(18(22)24)6-9-21(10-7-19)17(23)15-13-16(26-20-15)14-3-4-14/h13-14H,2-12H2,1H3. The Bertz CT molecular complexity index is 674. The molecular formula is C19H27N3O4. The second-order valence-corrected chi connectivity index (χ2v) is 7.85. The minimum atomic E-state index is -0.300. The summed E-state index contributed by atoms with van der Waals surface area (Å²) in [5.41, 5.74) is 0.103. The van der Waals surface area contributed by atoms with Crippen LogP contribution in [0.25, 0.3) is 0 Å². The van der Waals surface area contributed by atoms with Crippen LogP contribution >= 0.6 is 0 Å². The number of aromatic nitrogens is 1. The van der Waals surface area contributed by atoms with Crippen LogP contribution in [0.4, 0.5) is 0 Å². The zero-order chi connectivity index (χ0) is 18.1. The van der Waals surface area contributed by atoms with Crippen LogP contribution in [0.2, 0.25) is 0 Å². The molecule has 1 spiro atoms. The number of methoxy groups -OCH3 is 1. The molecule has 3 fully saturated rings. The molecule has 2 aliphatic heterocycles. The molecule has 2 saturated heterocycles. The predicted octanol–water partition coefficient (Wildman–Crippen LogP) is 2.04. The van der Waals surface area contributed by atoms with Crippen LogP contribution in [-0.2, 0) is 9.53 Å². The lowest BCUT2D eigenvalue weighted by Gasteiger charge is -2.46. The predicted molar refractivity (Wildman–Crippen MR) is 93.7 cm³/mol. The zero-order valence-corrected chi connectivity index (χ0v) is 15.4. The van der Waals surface area contributed by atoms with Crippen LogP contribution in [0, 0.1) is 5.41 Å². The van der Waals surface area contributed by atoms with Gasteiger partial charge in [0, 0.05) is 45.3 Å². The van der Waals surface area contributed by atoms with E-state index < -0.39 is 0 Å². The molecule has 7 heteroatoms. The molecule has 1 saturated carbocycles. The van der Waals surface area contributed by atoms with Gasteiger partial charge in [-0.1, -0.05) is 5.16 Å². The smallest absolute Gasteiger partial charge is 0.276 e. The molecule has 0 atom stereocenters. The van der Waals surface area contributed by atoms with E-state index in [0.717, 1.165) is 50.8 Å². The van der Waals surface area contributed by atoms with E-state index in [1.165, 1.54) is 0 Å². The van der Waals surface area contributed by atoms with E-state index in [2.05, 4.69) is 5.16 Å². The Hall–Kier alpha value is -1.89. The van der Waals surface area contributed by atoms with Gasteiger partial charge in [-0.2, -0.15) is 0 Å². The van der Waals surface area contributed by atoms with Crippen LogP contribution in [0.1, 0.15) is 60.7 Å². The number of hydrogen-bond donors (Lipinski definition) is 0. The molecule has 26 heavy (non-hydrogen) atoms. The summed E-state index contributed by atoms with van der Waals surface area (Å²) in [5.74, 6) is 1.45. The molecule has 0 N–H and O–H groups in total. The minimum absolute atomic E-state index is 0.0741. The van der Waals surface area contributed by atoms with Gasteiger partial charge in [0.25, 0.3) is 5.91 Å². The molecule has 3 heterocycles. The Balaban J connectivity index is 1.38. The van der Waals surface area contributed by atoms with E-state index in [1.54, 1.807) is 13.2 Å². The summed E-state index contributed by atoms with van der Waals surface area (Å²) < 4.78 is 10.4. The molecule has 3 aliphatic rings. The van der Waals surface area contributed by atoms with Gasteiger partial charge in [0.2, 0.25) is 5.91 Å². The van der Waals surface area contributed by atoms with Gasteiger partial charge >= 0.3 is 0 Å². The molecular weight excluding hydrogens is 334 g/mol. The molecule has 1 aliphatic carbocycles. The first-order valence-corrected chi connectivity index (χ1v) is 9.67. The summed E-state index contributed by atoms with van der Waals surface area (Å²) in [6, 6.07) is 1.79. The first-order chi connectivity index (χ1) is 12.6. The topological polar surface area (TPSA) is 75.9 Å². The third-order valence-electron chi connectivity index (χ3n) is 6.12. The fourth-order valence-electron chi connectivity index (χ4n) is 4.28. The molecule has 0 unspecified atom stereocenters. The van der Waals surface area contributed by atoms with Crippen molar-refractivity contribution in [1.29, 1.82) is 0 Å². The van der Waals surface area contributed by atoms with Crippen molar-refractivity contribution < 1.29 is 18.8 Å². The molecule has 2 amide bonds. The van der Waals surface area contributed by atoms with Gasteiger partial charge in [0.15, 0.2) is 5.69 Å². The molecule has 0 aromatic carbocycles. The van der Waals surface area contributed by atoms with Gasteiger partial charge in [-0.3, -0.25) is 9.59 Å². The van der Waals surface area contributed by atoms with Gasteiger partial charge in [0.05, 0.1) is 12.0 Å². The molecule has 1 aromatic rings. The Morgan fingerprint density at radius 1 is 1.31 bits per heavy atom. The molecule has 1 aromatic heterocycles. The SMILES string of the molecule is COCCN1CCCC2(CCN(C(=O)c3cc(C4CC4)on3)CC2)C1=O. The van der Waals surface area contributed by atoms with Crippen molar-refractivity contribution in [1.82, 2.24) is 15.0 Å². The second kappa shape index (κ2) is 7.02. The summed E-state index contributed by atoms with van der Waals surface area (Å²) in [6.07, 6.45) is 5.65. The highest BCUT2D eigenvalue weighted by molar-refractivity contribution is 5.92. The molecule has 0 bridgehead atoms. The fourth-order valence-corrected chi connectivity index (χ4v) is 4.28. The van der Waals surface area contributed by atoms with Crippen molar-refractivity contribution in [3.05, 3.63) is 17.5 Å². The molecule has 142 valence electrons. The van der Waals surface area contributed by atoms with E-state index in [4.69, 9.17) is 9.26 Å². The minimum Gasteiger partial charge on any atom is -0.383 e. The van der Waals surface area contributed by atoms with E-state index in [0.29, 0.717) is 37.9 Å². The van der Waals surface area contributed by atoms with Gasteiger partial charge < -0.3 is 19.1 Å². The number of amides is 2. The zero-order valence-electron chi connectivity index (χ0n) is 15.4. The van der Waals surface area contributed by atoms with Gasteiger partial charge in [-0.05, 0) is 38.5 Å². The van der Waals surface area contributed by atoms with Gasteiger partial charge in [-0.15, -0.1) is 0 Å². The first-order valence-electron chi connectivity index (χ1n) is 9.67. The Morgan fingerprint density at radius 3 is 2.77 bits per heavy atom. The van der Waals surface area contributed by atoms with Crippen molar-refractivity contribution in [2.75, 3.05) is 39.9 Å². The number of rotatable bonds is 5. The van der Waals surface area contributed by atoms with E-state index in [9.17, 15) is 9.59 Å². The highest BCUT2D eigenvalue weighted by Crippen LogP contribution is 2.42. The van der Waals surface area contributed by atoms with E-state index >= 15 is 0 Å². The summed E-state index contributed by atoms with van der Waals surface area (Å²) in [4.78, 5) is 29.4. The lowest BCUT2D eigenvalue weighted by molar-refractivity contribution is -0.150. The van der Waals surface area contributed by atoms with Crippen LogP contribution in [-0.4, -0.2) is 66.7 Å². The Kier molecular flexibility index (Phi) is 4.73. The maximum Gasteiger partial charge on any atom is 0.276 e. The highest BCUT2D eigenvalue weighted by atomic mass is 16.5. The maximum absolute atomic E-state index is 13.0. The van der Waals surface area contributed by atoms with Crippen LogP contribution in [0.5, 0.6) is 0 Å². The number of likely N-dealkylation sites (tertiary alicyclic amines) is 2. The largest absolute Gasteiger partial charge is 0.383 e. The lowest BCUT2D eigenvalue weighted by Crippen LogP contribution is -2.54. The fraction of sp³-hybridized carbons (Fsp3) is 0.737. The average molecular weight is 361 g/mol. The van der Waals surface area contributed by atoms with E-state index in [1.807, 2.05) is 9.80 Å². The summed E-state index contributed by atoms with van der Waals surface area (Å²) in [5, 5.41) is 3.96. The van der Waals surface area contributed by atoms with E-state index in [-0.39, 0.29) is 17.2 Å². The van der Waals surface area contributed by atoms with Crippen LogP contribution < -0.4 is 0 Å². The molecule has 4 rings (SSSR count). The monoisotopic (exact) mass is 361 g/mol. The van der Waals surface area contributed by atoms with Crippen molar-refractivity contribution in [2.45, 2.75) is 44.4 Å². The lowest BCUT2D eigenvalue weighted by atomic mass is 9.71. The first kappa shape index (κ1) is 17.5. The molecule has 0 radical (unpaired) electrons. The summed E-state index contributed by atoms with van der Waals surface area (Å²) in [7, 11) is 1.66. The van der Waals surface area contributed by atoms with Crippen molar-refractivity contribution in [3.8, 4) is 0 Å². The van der Waals surface area contributed by atoms with Gasteiger partial charge in [0.1, 0.15) is 5.76 Å². The maximum atomic E-state index is 13.0. The van der Waals surface area contributed by atoms with Crippen molar-refractivity contribution in [3.63, 3.8) is 0 Å². The summed E-state index contributed by atoms with van der Waals surface area (Å²) >= 11 is 0. The molecule has 7 nitrogen and oxygen atoms in total. The quantitative estimate of drug-likeness (QED) is 0.802. The van der Waals surface area contributed by atoms with Gasteiger partial charge in [-0.25, -0.2) is 0 Å². The third-order valence-corrected chi connectivity index (χ3v) is 6.12. The Labute approximate surface area is 153 Å². The van der Waals surface area contributed by atoms with Crippen LogP contribution in [0.3, 0.4) is 0 Å². The number of nitrogens with zero attached hydrogens (tertiary/aromatic N) is 3. The second-order valence-electron chi connectivity index (χ2n) is 7.85. The summed E-state index contributed by atoms with van der Waals surface area (Å²) in [6.45, 7) is 3.25. The number of hydrogen-bond acceptors (Lipinski definition) is 5. The number of piperidine rings is 2. The van der Waals surface area contributed by atoms with Crippen molar-refractivity contribution in [2.24, 2.45) is 5.41 Å². The highest BCUT2D eigenvalue weighted by Gasteiger charge is 2.46. The Morgan fingerprint density at radius 2 is 2.08 bits per heavy atom. The third kappa shape index (κ3) is 3.24. The average Bonchev–Trinajstić information content (AvgIpc) is 3.40.